The molecule has 5 rings (SSSR count). The number of hydrogen-bond acceptors (Lipinski definition) is 3. The third kappa shape index (κ3) is 3.53. The van der Waals surface area contributed by atoms with Crippen molar-refractivity contribution in [3.05, 3.63) is 71.0 Å². The molecule has 2 aliphatic rings. The van der Waals surface area contributed by atoms with Crippen molar-refractivity contribution in [3.63, 3.8) is 0 Å². The van der Waals surface area contributed by atoms with Crippen LogP contribution in [0.15, 0.2) is 54.7 Å². The van der Waals surface area contributed by atoms with Crippen LogP contribution in [0.25, 0.3) is 5.69 Å². The quantitative estimate of drug-likeness (QED) is 0.532. The zero-order valence-electron chi connectivity index (χ0n) is 19.3. The van der Waals surface area contributed by atoms with Crippen LogP contribution in [-0.4, -0.2) is 42.2 Å². The molecule has 2 amide bonds. The van der Waals surface area contributed by atoms with Gasteiger partial charge in [0.15, 0.2) is 0 Å². The number of rotatable bonds is 3. The van der Waals surface area contributed by atoms with Gasteiger partial charge < -0.3 is 24.4 Å². The molecule has 1 fully saturated rings. The summed E-state index contributed by atoms with van der Waals surface area (Å²) >= 11 is 6.13. The van der Waals surface area contributed by atoms with Crippen molar-refractivity contribution in [2.24, 2.45) is 0 Å². The molecule has 1 aromatic heterocycles. The maximum Gasteiger partial charge on any atom is 0.321 e. The number of urea groups is 1. The van der Waals surface area contributed by atoms with E-state index in [1.54, 1.807) is 25.3 Å². The van der Waals surface area contributed by atoms with Crippen LogP contribution in [0.2, 0.25) is 5.02 Å². The molecular weight excluding hydrogens is 436 g/mol. The van der Waals surface area contributed by atoms with Gasteiger partial charge in [-0.15, -0.1) is 0 Å². The van der Waals surface area contributed by atoms with E-state index in [4.69, 9.17) is 16.3 Å². The summed E-state index contributed by atoms with van der Waals surface area (Å²) in [6.45, 7) is 6.60. The zero-order chi connectivity index (χ0) is 23.2. The molecule has 0 radical (unpaired) electrons. The summed E-state index contributed by atoms with van der Waals surface area (Å²) in [5.74, 6) is 0.593. The molecule has 1 saturated heterocycles. The van der Waals surface area contributed by atoms with Gasteiger partial charge in [0, 0.05) is 36.5 Å². The number of carbonyl (C=O) groups excluding carboxylic acids is 1. The number of nitrogens with zero attached hydrogens (tertiary/aromatic N) is 3. The lowest BCUT2D eigenvalue weighted by Gasteiger charge is -2.53. The molecular formula is C26H29ClN4O2. The van der Waals surface area contributed by atoms with Crippen LogP contribution in [0.4, 0.5) is 16.2 Å². The zero-order valence-corrected chi connectivity index (χ0v) is 20.0. The smallest absolute Gasteiger partial charge is 0.321 e. The van der Waals surface area contributed by atoms with Crippen LogP contribution in [0.3, 0.4) is 0 Å². The summed E-state index contributed by atoms with van der Waals surface area (Å²) in [5.41, 5.74) is 5.50. The van der Waals surface area contributed by atoms with Gasteiger partial charge in [-0.25, -0.2) is 4.79 Å². The van der Waals surface area contributed by atoms with E-state index in [9.17, 15) is 4.79 Å². The van der Waals surface area contributed by atoms with Gasteiger partial charge in [0.2, 0.25) is 0 Å². The number of hydrogen-bond donors (Lipinski definition) is 1. The van der Waals surface area contributed by atoms with Crippen LogP contribution in [0.1, 0.15) is 31.0 Å². The summed E-state index contributed by atoms with van der Waals surface area (Å²) in [6, 6.07) is 16.1. The minimum atomic E-state index is -0.135. The van der Waals surface area contributed by atoms with E-state index in [-0.39, 0.29) is 11.6 Å². The van der Waals surface area contributed by atoms with Crippen molar-refractivity contribution in [1.29, 1.82) is 0 Å². The van der Waals surface area contributed by atoms with E-state index >= 15 is 0 Å². The van der Waals surface area contributed by atoms with Crippen LogP contribution in [0.5, 0.6) is 5.75 Å². The van der Waals surface area contributed by atoms with Gasteiger partial charge in [-0.05, 0) is 74.7 Å². The number of anilines is 2. The van der Waals surface area contributed by atoms with E-state index < -0.39 is 0 Å². The molecule has 0 bridgehead atoms. The standard InChI is InChI=1S/C26H29ClN4O2/c1-4-31-22-16-18(2)7-9-21(22)30-13-5-6-24(30)26(31)11-14-29(15-12-26)25(32)28-20-17-19(27)8-10-23(20)33-3/h5-10,13,16-17H,4,11-12,14-15H2,1-3H3,(H,28,32). The fourth-order valence-electron chi connectivity index (χ4n) is 5.44. The number of methoxy groups -OCH3 is 1. The Bertz CT molecular complexity index is 1200. The Hall–Kier alpha value is -3.12. The van der Waals surface area contributed by atoms with Crippen molar-refractivity contribution in [2.75, 3.05) is 37.0 Å². The lowest BCUT2D eigenvalue weighted by atomic mass is 9.80. The molecule has 0 aliphatic carbocycles. The van der Waals surface area contributed by atoms with Gasteiger partial charge in [0.05, 0.1) is 29.7 Å². The van der Waals surface area contributed by atoms with Crippen molar-refractivity contribution in [1.82, 2.24) is 9.47 Å². The first kappa shape index (κ1) is 21.7. The molecule has 6 nitrogen and oxygen atoms in total. The van der Waals surface area contributed by atoms with Crippen LogP contribution in [-0.2, 0) is 5.54 Å². The minimum Gasteiger partial charge on any atom is -0.495 e. The number of amides is 2. The Morgan fingerprint density at radius 1 is 1.12 bits per heavy atom. The molecule has 0 unspecified atom stereocenters. The van der Waals surface area contributed by atoms with Crippen LogP contribution < -0.4 is 15.0 Å². The topological polar surface area (TPSA) is 49.7 Å². The first-order valence-corrected chi connectivity index (χ1v) is 11.8. The van der Waals surface area contributed by atoms with Crippen LogP contribution >= 0.6 is 11.6 Å². The van der Waals surface area contributed by atoms with E-state index in [1.165, 1.54) is 22.6 Å². The van der Waals surface area contributed by atoms with Gasteiger partial charge >= 0.3 is 6.03 Å². The highest BCUT2D eigenvalue weighted by Gasteiger charge is 2.47. The number of piperidine rings is 1. The highest BCUT2D eigenvalue weighted by molar-refractivity contribution is 6.31. The van der Waals surface area contributed by atoms with E-state index in [0.717, 1.165) is 19.4 Å². The average molecular weight is 465 g/mol. The Morgan fingerprint density at radius 3 is 2.64 bits per heavy atom. The maximum atomic E-state index is 13.1. The number of nitrogens with one attached hydrogen (secondary N) is 1. The summed E-state index contributed by atoms with van der Waals surface area (Å²) in [5, 5.41) is 3.54. The largest absolute Gasteiger partial charge is 0.495 e. The number of halogens is 1. The monoisotopic (exact) mass is 464 g/mol. The molecule has 33 heavy (non-hydrogen) atoms. The maximum absolute atomic E-state index is 13.1. The summed E-state index contributed by atoms with van der Waals surface area (Å²) in [6.07, 6.45) is 3.87. The predicted molar refractivity (Wildman–Crippen MR) is 133 cm³/mol. The average Bonchev–Trinajstić information content (AvgIpc) is 3.31. The van der Waals surface area contributed by atoms with E-state index in [0.29, 0.717) is 29.5 Å². The lowest BCUT2D eigenvalue weighted by molar-refractivity contribution is 0.160. The second kappa shape index (κ2) is 8.34. The predicted octanol–water partition coefficient (Wildman–Crippen LogP) is 5.81. The number of fused-ring (bicyclic) bond motifs is 4. The van der Waals surface area contributed by atoms with Crippen molar-refractivity contribution < 1.29 is 9.53 Å². The van der Waals surface area contributed by atoms with Gasteiger partial charge in [-0.1, -0.05) is 17.7 Å². The van der Waals surface area contributed by atoms with E-state index in [2.05, 4.69) is 65.2 Å². The summed E-state index contributed by atoms with van der Waals surface area (Å²) in [7, 11) is 1.58. The Balaban J connectivity index is 1.41. The molecule has 1 N–H and O–H groups in total. The van der Waals surface area contributed by atoms with Crippen molar-refractivity contribution in [2.45, 2.75) is 32.2 Å². The van der Waals surface area contributed by atoms with Crippen LogP contribution in [0, 0.1) is 6.92 Å². The number of likely N-dealkylation sites (tertiary alicyclic amines) is 1. The molecule has 0 saturated carbocycles. The Labute approximate surface area is 199 Å². The lowest BCUT2D eigenvalue weighted by Crippen LogP contribution is -2.57. The molecule has 0 atom stereocenters. The normalized spacial score (nSPS) is 16.4. The minimum absolute atomic E-state index is 0.129. The first-order chi connectivity index (χ1) is 16.0. The molecule has 3 aromatic rings. The molecule has 7 heteroatoms. The fourth-order valence-corrected chi connectivity index (χ4v) is 5.62. The van der Waals surface area contributed by atoms with Gasteiger partial charge in [-0.2, -0.15) is 0 Å². The number of aromatic nitrogens is 1. The molecule has 172 valence electrons. The number of benzene rings is 2. The van der Waals surface area contributed by atoms with E-state index in [1.807, 2.05) is 4.90 Å². The second-order valence-corrected chi connectivity index (χ2v) is 9.23. The second-order valence-electron chi connectivity index (χ2n) is 8.79. The van der Waals surface area contributed by atoms with Gasteiger partial charge in [-0.3, -0.25) is 0 Å². The van der Waals surface area contributed by atoms with Gasteiger partial charge in [0.1, 0.15) is 5.75 Å². The van der Waals surface area contributed by atoms with Crippen molar-refractivity contribution >= 4 is 29.0 Å². The Morgan fingerprint density at radius 2 is 1.91 bits per heavy atom. The SMILES string of the molecule is CCN1c2cc(C)ccc2-n2cccc2C12CCN(C(=O)Nc1cc(Cl)ccc1OC)CC2. The number of ether oxygens (including phenoxy) is 1. The molecule has 1 spiro atoms. The van der Waals surface area contributed by atoms with Crippen molar-refractivity contribution in [3.8, 4) is 11.4 Å². The molecule has 3 heterocycles. The number of aryl methyl sites for hydroxylation is 1. The molecule has 2 aliphatic heterocycles. The number of carbonyl (C=O) groups is 1. The summed E-state index contributed by atoms with van der Waals surface area (Å²) < 4.78 is 7.71. The summed E-state index contributed by atoms with van der Waals surface area (Å²) in [4.78, 5) is 17.5. The highest BCUT2D eigenvalue weighted by atomic mass is 35.5. The third-order valence-corrected chi connectivity index (χ3v) is 7.26. The van der Waals surface area contributed by atoms with Gasteiger partial charge in [0.25, 0.3) is 0 Å². The first-order valence-electron chi connectivity index (χ1n) is 11.4. The molecule has 2 aromatic carbocycles. The Kier molecular flexibility index (Phi) is 5.49. The highest BCUT2D eigenvalue weighted by Crippen LogP contribution is 2.48. The third-order valence-electron chi connectivity index (χ3n) is 7.02. The fraction of sp³-hybridized carbons (Fsp3) is 0.346.